The Morgan fingerprint density at radius 1 is 0.537 bits per heavy atom. The Morgan fingerprint density at radius 2 is 1.22 bits per heavy atom. The van der Waals surface area contributed by atoms with E-state index in [1.165, 1.54) is 81.0 Å². The smallest absolute Gasteiger partial charge is 0.0588 e. The Labute approximate surface area is 242 Å². The minimum atomic E-state index is -0.0861. The lowest BCUT2D eigenvalue weighted by Crippen LogP contribution is -2.16. The van der Waals surface area contributed by atoms with Gasteiger partial charge in [-0.05, 0) is 63.7 Å². The van der Waals surface area contributed by atoms with Crippen LogP contribution in [0.3, 0.4) is 0 Å². The van der Waals surface area contributed by atoms with Crippen LogP contribution in [-0.2, 0) is 5.41 Å². The van der Waals surface area contributed by atoms with Crippen molar-refractivity contribution in [2.24, 2.45) is 0 Å². The van der Waals surface area contributed by atoms with Gasteiger partial charge >= 0.3 is 0 Å². The first-order valence-electron chi connectivity index (χ1n) is 14.3. The Balaban J connectivity index is 1.25. The molecule has 0 N–H and O–H groups in total. The van der Waals surface area contributed by atoms with E-state index < -0.39 is 0 Å². The maximum absolute atomic E-state index is 2.50. The summed E-state index contributed by atoms with van der Waals surface area (Å²) in [4.78, 5) is 0. The number of rotatable bonds is 2. The summed E-state index contributed by atoms with van der Waals surface area (Å²) in [6.45, 7) is 4.76. The number of para-hydroxylation sites is 1. The quantitative estimate of drug-likeness (QED) is 0.205. The van der Waals surface area contributed by atoms with Crippen molar-refractivity contribution in [2.75, 3.05) is 0 Å². The molecule has 0 amide bonds. The third kappa shape index (κ3) is 3.11. The van der Waals surface area contributed by atoms with Gasteiger partial charge in [-0.1, -0.05) is 111 Å². The molecule has 0 saturated carbocycles. The Bertz CT molecular complexity index is 2330. The van der Waals surface area contributed by atoms with Crippen LogP contribution in [0, 0.1) is 0 Å². The molecule has 194 valence electrons. The van der Waals surface area contributed by atoms with Crippen LogP contribution in [0.15, 0.2) is 127 Å². The molecule has 6 aromatic carbocycles. The predicted octanol–water partition coefficient (Wildman–Crippen LogP) is 11.1. The topological polar surface area (TPSA) is 4.93 Å². The molecule has 0 saturated heterocycles. The van der Waals surface area contributed by atoms with E-state index in [9.17, 15) is 0 Å². The van der Waals surface area contributed by atoms with Gasteiger partial charge in [-0.25, -0.2) is 0 Å². The zero-order valence-electron chi connectivity index (χ0n) is 23.0. The van der Waals surface area contributed by atoms with Crippen LogP contribution in [-0.4, -0.2) is 4.57 Å². The highest BCUT2D eigenvalue weighted by Crippen LogP contribution is 2.52. The van der Waals surface area contributed by atoms with Gasteiger partial charge < -0.3 is 4.57 Å². The second-order valence-electron chi connectivity index (χ2n) is 11.8. The normalized spacial score (nSPS) is 13.8. The molecule has 0 fully saturated rings. The first kappa shape index (κ1) is 23.1. The molecule has 1 nitrogen and oxygen atoms in total. The molecule has 0 atom stereocenters. The van der Waals surface area contributed by atoms with Crippen LogP contribution in [0.1, 0.15) is 25.0 Å². The summed E-state index contributed by atoms with van der Waals surface area (Å²) < 4.78 is 5.18. The maximum atomic E-state index is 2.50. The average Bonchev–Trinajstić information content (AvgIpc) is 3.63. The summed E-state index contributed by atoms with van der Waals surface area (Å²) in [7, 11) is 0. The van der Waals surface area contributed by atoms with Gasteiger partial charge in [0.25, 0.3) is 0 Å². The molecule has 0 unspecified atom stereocenters. The highest BCUT2D eigenvalue weighted by Gasteiger charge is 2.38. The Morgan fingerprint density at radius 3 is 2.10 bits per heavy atom. The van der Waals surface area contributed by atoms with Crippen LogP contribution in [0.5, 0.6) is 0 Å². The van der Waals surface area contributed by atoms with Crippen molar-refractivity contribution in [3.8, 4) is 27.9 Å². The van der Waals surface area contributed by atoms with Crippen molar-refractivity contribution in [1.29, 1.82) is 0 Å². The predicted molar refractivity (Wildman–Crippen MR) is 177 cm³/mol. The first-order chi connectivity index (χ1) is 20.1. The van der Waals surface area contributed by atoms with Crippen LogP contribution >= 0.6 is 11.3 Å². The monoisotopic (exact) mass is 541 g/mol. The molecule has 0 radical (unpaired) electrons. The number of hydrogen-bond acceptors (Lipinski definition) is 1. The average molecular weight is 542 g/mol. The first-order valence-corrected chi connectivity index (χ1v) is 15.1. The second-order valence-corrected chi connectivity index (χ2v) is 12.8. The van der Waals surface area contributed by atoms with E-state index in [1.807, 2.05) is 11.3 Å². The number of hydrogen-bond donors (Lipinski definition) is 0. The van der Waals surface area contributed by atoms with Crippen LogP contribution < -0.4 is 0 Å². The minimum Gasteiger partial charge on any atom is -0.309 e. The van der Waals surface area contributed by atoms with E-state index in [1.54, 1.807) is 0 Å². The third-order valence-corrected chi connectivity index (χ3v) is 10.3. The van der Waals surface area contributed by atoms with Crippen molar-refractivity contribution in [3.05, 3.63) is 139 Å². The Hall–Kier alpha value is -4.66. The zero-order chi connectivity index (χ0) is 27.3. The molecule has 9 rings (SSSR count). The van der Waals surface area contributed by atoms with Crippen molar-refractivity contribution in [3.63, 3.8) is 0 Å². The summed E-state index contributed by atoms with van der Waals surface area (Å²) in [5.74, 6) is 0. The largest absolute Gasteiger partial charge is 0.309 e. The number of aromatic nitrogens is 1. The van der Waals surface area contributed by atoms with E-state index in [0.717, 1.165) is 0 Å². The summed E-state index contributed by atoms with van der Waals surface area (Å²) in [5.41, 5.74) is 11.7. The van der Waals surface area contributed by atoms with E-state index in [0.29, 0.717) is 0 Å². The Kier molecular flexibility index (Phi) is 4.61. The maximum Gasteiger partial charge on any atom is 0.0588 e. The van der Waals surface area contributed by atoms with Gasteiger partial charge in [-0.15, -0.1) is 11.3 Å². The summed E-state index contributed by atoms with van der Waals surface area (Å²) >= 11 is 1.88. The van der Waals surface area contributed by atoms with Crippen LogP contribution in [0.25, 0.3) is 69.9 Å². The van der Waals surface area contributed by atoms with E-state index in [-0.39, 0.29) is 5.41 Å². The van der Waals surface area contributed by atoms with Gasteiger partial charge in [0.05, 0.1) is 11.0 Å². The van der Waals surface area contributed by atoms with Gasteiger partial charge in [0.2, 0.25) is 0 Å². The van der Waals surface area contributed by atoms with Gasteiger partial charge in [0, 0.05) is 42.0 Å². The number of fused-ring (bicyclic) bond motifs is 10. The summed E-state index contributed by atoms with van der Waals surface area (Å²) in [6, 6.07) is 47.2. The number of benzene rings is 6. The standard InChI is InChI=1S/C39H27NS/c1-39(2)33-12-6-3-9-27(33)31-21-22-32-28-10-4-7-13-34(28)40(38(32)37(31)39)26-18-15-24(16-19-26)25-17-20-30-29-11-5-8-14-35(29)41-36(30)23-25/h3-23H,1-2H3. The molecule has 1 aliphatic carbocycles. The fourth-order valence-electron chi connectivity index (χ4n) is 7.29. The number of nitrogens with zero attached hydrogens (tertiary/aromatic N) is 1. The molecule has 2 heterocycles. The molecule has 0 aliphatic heterocycles. The van der Waals surface area contributed by atoms with Crippen LogP contribution in [0.2, 0.25) is 0 Å². The highest BCUT2D eigenvalue weighted by molar-refractivity contribution is 7.25. The molecular weight excluding hydrogens is 515 g/mol. The van der Waals surface area contributed by atoms with Gasteiger partial charge in [-0.3, -0.25) is 0 Å². The molecule has 8 aromatic rings. The van der Waals surface area contributed by atoms with Gasteiger partial charge in [0.15, 0.2) is 0 Å². The number of thiophene rings is 1. The highest BCUT2D eigenvalue weighted by atomic mass is 32.1. The molecule has 2 heteroatoms. The molecule has 1 aliphatic rings. The van der Waals surface area contributed by atoms with Gasteiger partial charge in [0.1, 0.15) is 0 Å². The molecule has 2 aromatic heterocycles. The van der Waals surface area contributed by atoms with E-state index in [2.05, 4.69) is 146 Å². The molecule has 41 heavy (non-hydrogen) atoms. The summed E-state index contributed by atoms with van der Waals surface area (Å²) in [5, 5.41) is 5.31. The molecule has 0 spiro atoms. The fourth-order valence-corrected chi connectivity index (χ4v) is 8.43. The van der Waals surface area contributed by atoms with Crippen molar-refractivity contribution in [2.45, 2.75) is 19.3 Å². The van der Waals surface area contributed by atoms with E-state index in [4.69, 9.17) is 0 Å². The lowest BCUT2D eigenvalue weighted by molar-refractivity contribution is 0.664. The summed E-state index contributed by atoms with van der Waals surface area (Å²) in [6.07, 6.45) is 0. The zero-order valence-corrected chi connectivity index (χ0v) is 23.8. The van der Waals surface area contributed by atoms with Gasteiger partial charge in [-0.2, -0.15) is 0 Å². The van der Waals surface area contributed by atoms with E-state index >= 15 is 0 Å². The third-order valence-electron chi connectivity index (χ3n) is 9.19. The van der Waals surface area contributed by atoms with Crippen molar-refractivity contribution >= 4 is 53.3 Å². The van der Waals surface area contributed by atoms with Crippen molar-refractivity contribution < 1.29 is 0 Å². The molecule has 0 bridgehead atoms. The van der Waals surface area contributed by atoms with Crippen molar-refractivity contribution in [1.82, 2.24) is 4.57 Å². The minimum absolute atomic E-state index is 0.0861. The second kappa shape index (κ2) is 8.19. The molecular formula is C39H27NS. The lowest BCUT2D eigenvalue weighted by Gasteiger charge is -2.23. The fraction of sp³-hybridized carbons (Fsp3) is 0.0769. The lowest BCUT2D eigenvalue weighted by atomic mass is 9.81. The van der Waals surface area contributed by atoms with Crippen LogP contribution in [0.4, 0.5) is 0 Å². The SMILES string of the molecule is CC1(C)c2ccccc2-c2ccc3c4ccccc4n(-c4ccc(-c5ccc6c(c5)sc5ccccc56)cc4)c3c21.